The fraction of sp³-hybridized carbons (Fsp3) is 0.320. The monoisotopic (exact) mass is 432 g/mol. The molecule has 3 heterocycles. The number of hydrogen-bond acceptors (Lipinski definition) is 7. The molecular formula is C25H28N4O3. The van der Waals surface area contributed by atoms with Crippen molar-refractivity contribution in [1.29, 1.82) is 0 Å². The van der Waals surface area contributed by atoms with E-state index in [2.05, 4.69) is 26.3 Å². The first kappa shape index (κ1) is 21.9. The van der Waals surface area contributed by atoms with E-state index >= 15 is 0 Å². The van der Waals surface area contributed by atoms with Gasteiger partial charge in [-0.25, -0.2) is 4.98 Å². The van der Waals surface area contributed by atoms with Crippen molar-refractivity contribution < 1.29 is 14.3 Å². The number of aryl methyl sites for hydroxylation is 1. The van der Waals surface area contributed by atoms with Gasteiger partial charge in [-0.1, -0.05) is 17.7 Å². The van der Waals surface area contributed by atoms with Gasteiger partial charge in [-0.15, -0.1) is 0 Å². The zero-order valence-electron chi connectivity index (χ0n) is 18.8. The first-order valence-electron chi connectivity index (χ1n) is 10.7. The molecule has 1 atom stereocenters. The SMILES string of the molecule is CCOCc1ccc(C)c(Nc2ncc(-c3ccnc(C4=C(C)CC(C)=NC4O)c3)o2)c1. The number of aliphatic imine (C=N–C) groups is 1. The molecule has 0 radical (unpaired) electrons. The molecule has 0 spiro atoms. The minimum atomic E-state index is -0.898. The van der Waals surface area contributed by atoms with Crippen LogP contribution in [0.1, 0.15) is 44.0 Å². The van der Waals surface area contributed by atoms with E-state index in [0.29, 0.717) is 30.7 Å². The zero-order chi connectivity index (χ0) is 22.7. The van der Waals surface area contributed by atoms with Gasteiger partial charge in [-0.3, -0.25) is 9.98 Å². The van der Waals surface area contributed by atoms with Crippen molar-refractivity contribution in [3.63, 3.8) is 0 Å². The molecule has 1 aromatic carbocycles. The number of pyridine rings is 1. The van der Waals surface area contributed by atoms with Crippen molar-refractivity contribution in [2.45, 2.75) is 47.0 Å². The molecule has 0 saturated heterocycles. The van der Waals surface area contributed by atoms with E-state index in [-0.39, 0.29) is 0 Å². The van der Waals surface area contributed by atoms with Crippen LogP contribution in [0.25, 0.3) is 16.9 Å². The number of rotatable bonds is 7. The van der Waals surface area contributed by atoms with Gasteiger partial charge in [0.15, 0.2) is 12.0 Å². The van der Waals surface area contributed by atoms with Crippen LogP contribution in [0.15, 0.2) is 57.7 Å². The summed E-state index contributed by atoms with van der Waals surface area (Å²) in [5, 5.41) is 13.7. The van der Waals surface area contributed by atoms with Gasteiger partial charge in [0, 0.05) is 41.8 Å². The van der Waals surface area contributed by atoms with Crippen LogP contribution < -0.4 is 5.32 Å². The normalized spacial score (nSPS) is 16.3. The third kappa shape index (κ3) is 4.79. The average Bonchev–Trinajstić information content (AvgIpc) is 3.22. The number of aromatic nitrogens is 2. The quantitative estimate of drug-likeness (QED) is 0.528. The maximum atomic E-state index is 10.5. The van der Waals surface area contributed by atoms with E-state index < -0.39 is 6.23 Å². The predicted molar refractivity (Wildman–Crippen MR) is 126 cm³/mol. The van der Waals surface area contributed by atoms with Crippen LogP contribution in [0.5, 0.6) is 0 Å². The summed E-state index contributed by atoms with van der Waals surface area (Å²) < 4.78 is 11.5. The summed E-state index contributed by atoms with van der Waals surface area (Å²) in [5.41, 5.74) is 7.34. The highest BCUT2D eigenvalue weighted by molar-refractivity contribution is 5.90. The minimum absolute atomic E-state index is 0.406. The number of oxazole rings is 1. The van der Waals surface area contributed by atoms with Crippen molar-refractivity contribution >= 4 is 23.0 Å². The number of dihydropyridines is 1. The molecule has 0 bridgehead atoms. The number of aliphatic hydroxyl groups is 1. The smallest absolute Gasteiger partial charge is 0.299 e. The molecule has 1 aliphatic heterocycles. The molecule has 0 fully saturated rings. The van der Waals surface area contributed by atoms with Crippen LogP contribution in [0.2, 0.25) is 0 Å². The Kier molecular flexibility index (Phi) is 6.48. The van der Waals surface area contributed by atoms with E-state index in [9.17, 15) is 5.11 Å². The lowest BCUT2D eigenvalue weighted by atomic mass is 9.96. The van der Waals surface area contributed by atoms with Gasteiger partial charge in [0.1, 0.15) is 0 Å². The van der Waals surface area contributed by atoms with Crippen LogP contribution in [0.3, 0.4) is 0 Å². The fourth-order valence-electron chi connectivity index (χ4n) is 3.79. The van der Waals surface area contributed by atoms with Crippen LogP contribution in [-0.4, -0.2) is 33.6 Å². The van der Waals surface area contributed by atoms with E-state index in [1.54, 1.807) is 12.4 Å². The Hall–Kier alpha value is -3.29. The first-order valence-corrected chi connectivity index (χ1v) is 10.7. The third-order valence-corrected chi connectivity index (χ3v) is 5.42. The summed E-state index contributed by atoms with van der Waals surface area (Å²) in [7, 11) is 0. The minimum Gasteiger partial charge on any atom is -0.423 e. The lowest BCUT2D eigenvalue weighted by Crippen LogP contribution is -2.17. The Labute approximate surface area is 187 Å². The Balaban J connectivity index is 1.56. The number of hydrogen-bond donors (Lipinski definition) is 2. The second-order valence-corrected chi connectivity index (χ2v) is 7.98. The maximum absolute atomic E-state index is 10.5. The summed E-state index contributed by atoms with van der Waals surface area (Å²) in [6.07, 6.45) is 3.23. The Morgan fingerprint density at radius 3 is 2.78 bits per heavy atom. The highest BCUT2D eigenvalue weighted by atomic mass is 16.5. The van der Waals surface area contributed by atoms with Gasteiger partial charge >= 0.3 is 0 Å². The number of nitrogens with one attached hydrogen (secondary N) is 1. The highest BCUT2D eigenvalue weighted by Crippen LogP contribution is 2.31. The van der Waals surface area contributed by atoms with Gasteiger partial charge < -0.3 is 19.6 Å². The van der Waals surface area contributed by atoms with Crippen molar-refractivity contribution in [2.75, 3.05) is 11.9 Å². The number of benzene rings is 1. The lowest BCUT2D eigenvalue weighted by molar-refractivity contribution is 0.134. The molecule has 166 valence electrons. The Bertz CT molecular complexity index is 1180. The number of allylic oxidation sites excluding steroid dienone is 1. The molecule has 2 aromatic heterocycles. The van der Waals surface area contributed by atoms with Gasteiger partial charge in [-0.05, 0) is 57.0 Å². The van der Waals surface area contributed by atoms with E-state index in [0.717, 1.165) is 45.7 Å². The summed E-state index contributed by atoms with van der Waals surface area (Å²) in [6.45, 7) is 9.17. The summed E-state index contributed by atoms with van der Waals surface area (Å²) >= 11 is 0. The fourth-order valence-corrected chi connectivity index (χ4v) is 3.79. The number of nitrogens with zero attached hydrogens (tertiary/aromatic N) is 3. The molecule has 3 aromatic rings. The molecule has 4 rings (SSSR count). The van der Waals surface area contributed by atoms with Gasteiger partial charge in [-0.2, -0.15) is 0 Å². The molecule has 7 heteroatoms. The van der Waals surface area contributed by atoms with Crippen LogP contribution in [0.4, 0.5) is 11.7 Å². The molecule has 32 heavy (non-hydrogen) atoms. The zero-order valence-corrected chi connectivity index (χ0v) is 18.8. The molecule has 7 nitrogen and oxygen atoms in total. The van der Waals surface area contributed by atoms with E-state index in [1.165, 1.54) is 0 Å². The van der Waals surface area contributed by atoms with Crippen molar-refractivity contribution in [3.8, 4) is 11.3 Å². The van der Waals surface area contributed by atoms with Gasteiger partial charge in [0.05, 0.1) is 18.5 Å². The molecule has 1 unspecified atom stereocenters. The topological polar surface area (TPSA) is 92.8 Å². The van der Waals surface area contributed by atoms with Crippen LogP contribution in [0, 0.1) is 6.92 Å². The summed E-state index contributed by atoms with van der Waals surface area (Å²) in [6, 6.07) is 10.3. The Morgan fingerprint density at radius 2 is 2.00 bits per heavy atom. The second kappa shape index (κ2) is 9.46. The molecule has 0 amide bonds. The number of ether oxygens (including phenoxy) is 1. The van der Waals surface area contributed by atoms with Crippen LogP contribution >= 0.6 is 0 Å². The van der Waals surface area contributed by atoms with E-state index in [4.69, 9.17) is 9.15 Å². The van der Waals surface area contributed by atoms with Gasteiger partial charge in [0.2, 0.25) is 0 Å². The molecule has 1 aliphatic rings. The largest absolute Gasteiger partial charge is 0.423 e. The average molecular weight is 433 g/mol. The second-order valence-electron chi connectivity index (χ2n) is 7.98. The summed E-state index contributed by atoms with van der Waals surface area (Å²) in [4.78, 5) is 13.1. The van der Waals surface area contributed by atoms with E-state index in [1.807, 2.05) is 52.0 Å². The molecule has 2 N–H and O–H groups in total. The van der Waals surface area contributed by atoms with Crippen LogP contribution in [-0.2, 0) is 11.3 Å². The predicted octanol–water partition coefficient (Wildman–Crippen LogP) is 5.28. The molecule has 0 aliphatic carbocycles. The lowest BCUT2D eigenvalue weighted by Gasteiger charge is -2.20. The van der Waals surface area contributed by atoms with Gasteiger partial charge in [0.25, 0.3) is 6.01 Å². The molecular weight excluding hydrogens is 404 g/mol. The standard InChI is InChI=1S/C25H28N4O3/c1-5-31-14-18-7-6-15(2)20(11-18)29-25-27-13-22(32-25)19-8-9-26-21(12-19)23-16(3)10-17(4)28-24(23)30/h6-9,11-13,24,30H,5,10,14H2,1-4H3,(H,27,29). The maximum Gasteiger partial charge on any atom is 0.299 e. The Morgan fingerprint density at radius 1 is 1.16 bits per heavy atom. The molecule has 0 saturated carbocycles. The first-order chi connectivity index (χ1) is 15.4. The third-order valence-electron chi connectivity index (χ3n) is 5.42. The van der Waals surface area contributed by atoms with Crippen molar-refractivity contribution in [3.05, 3.63) is 65.1 Å². The van der Waals surface area contributed by atoms with Crippen molar-refractivity contribution in [2.24, 2.45) is 4.99 Å². The van der Waals surface area contributed by atoms with Crippen molar-refractivity contribution in [1.82, 2.24) is 9.97 Å². The number of aliphatic hydroxyl groups excluding tert-OH is 1. The summed E-state index contributed by atoms with van der Waals surface area (Å²) in [5.74, 6) is 0.613. The highest BCUT2D eigenvalue weighted by Gasteiger charge is 2.22. The number of anilines is 2.